The Morgan fingerprint density at radius 1 is 1.13 bits per heavy atom. The maximum Gasteiger partial charge on any atom is 0.225 e. The normalized spacial score (nSPS) is 19.7. The van der Waals surface area contributed by atoms with Crippen molar-refractivity contribution in [3.8, 4) is 17.2 Å². The van der Waals surface area contributed by atoms with Crippen LogP contribution in [0.25, 0.3) is 22.0 Å². The number of aromatic amines is 1. The van der Waals surface area contributed by atoms with E-state index in [-0.39, 0.29) is 6.04 Å². The lowest BCUT2D eigenvalue weighted by Crippen LogP contribution is -2.34. The fourth-order valence-electron chi connectivity index (χ4n) is 5.35. The average Bonchev–Trinajstić information content (AvgIpc) is 3.47. The second-order valence-electron chi connectivity index (χ2n) is 10.3. The Balaban J connectivity index is 1.47. The largest absolute Gasteiger partial charge is 0.351 e. The number of anilines is 3. The van der Waals surface area contributed by atoms with E-state index in [1.807, 2.05) is 32.4 Å². The van der Waals surface area contributed by atoms with E-state index < -0.39 is 0 Å². The zero-order chi connectivity index (χ0) is 26.5. The average molecular weight is 513 g/mol. The summed E-state index contributed by atoms with van der Waals surface area (Å²) in [7, 11) is 1.92. The minimum Gasteiger partial charge on any atom is -0.351 e. The maximum absolute atomic E-state index is 8.96. The topological polar surface area (TPSA) is 132 Å². The van der Waals surface area contributed by atoms with Crippen LogP contribution in [0.2, 0.25) is 0 Å². The summed E-state index contributed by atoms with van der Waals surface area (Å²) in [6.45, 7) is 4.97. The van der Waals surface area contributed by atoms with Crippen molar-refractivity contribution in [1.29, 1.82) is 5.26 Å². The summed E-state index contributed by atoms with van der Waals surface area (Å²) in [5, 5.41) is 32.2. The monoisotopic (exact) mass is 512 g/mol. The van der Waals surface area contributed by atoms with Gasteiger partial charge in [0.1, 0.15) is 5.82 Å². The van der Waals surface area contributed by atoms with Crippen LogP contribution in [-0.4, -0.2) is 48.6 Å². The number of nitriles is 1. The molecule has 1 saturated carbocycles. The van der Waals surface area contributed by atoms with Gasteiger partial charge in [-0.1, -0.05) is 19.4 Å². The van der Waals surface area contributed by atoms with Crippen LogP contribution in [0.1, 0.15) is 51.1 Å². The number of aryl methyl sites for hydroxylation is 2. The summed E-state index contributed by atoms with van der Waals surface area (Å²) >= 11 is 0. The predicted molar refractivity (Wildman–Crippen MR) is 150 cm³/mol. The zero-order valence-electron chi connectivity index (χ0n) is 22.3. The van der Waals surface area contributed by atoms with E-state index in [0.29, 0.717) is 36.0 Å². The van der Waals surface area contributed by atoms with Gasteiger partial charge < -0.3 is 16.0 Å². The van der Waals surface area contributed by atoms with Crippen molar-refractivity contribution in [3.63, 3.8) is 0 Å². The number of benzene rings is 1. The van der Waals surface area contributed by atoms with E-state index in [1.54, 1.807) is 4.68 Å². The van der Waals surface area contributed by atoms with Gasteiger partial charge in [0.05, 0.1) is 17.8 Å². The van der Waals surface area contributed by atoms with Crippen molar-refractivity contribution >= 4 is 28.5 Å². The number of fused-ring (bicyclic) bond motifs is 1. The van der Waals surface area contributed by atoms with Gasteiger partial charge in [0.15, 0.2) is 5.82 Å². The number of aromatic nitrogens is 6. The van der Waals surface area contributed by atoms with E-state index in [9.17, 15) is 0 Å². The van der Waals surface area contributed by atoms with E-state index >= 15 is 0 Å². The molecule has 0 bridgehead atoms. The van der Waals surface area contributed by atoms with Crippen LogP contribution in [-0.2, 0) is 7.05 Å². The Hall–Kier alpha value is -3.97. The van der Waals surface area contributed by atoms with Gasteiger partial charge in [0, 0.05) is 61.0 Å². The molecule has 1 fully saturated rings. The lowest BCUT2D eigenvalue weighted by molar-refractivity contribution is 0.425. The van der Waals surface area contributed by atoms with Crippen LogP contribution in [0.4, 0.5) is 17.6 Å². The molecule has 5 rings (SSSR count). The molecule has 3 atom stereocenters. The molecule has 1 aliphatic rings. The second-order valence-corrected chi connectivity index (χ2v) is 10.3. The van der Waals surface area contributed by atoms with Gasteiger partial charge in [-0.3, -0.25) is 9.78 Å². The Bertz CT molecular complexity index is 1410. The van der Waals surface area contributed by atoms with Gasteiger partial charge in [-0.15, -0.1) is 0 Å². The van der Waals surface area contributed by atoms with Crippen LogP contribution < -0.4 is 16.0 Å². The summed E-state index contributed by atoms with van der Waals surface area (Å²) in [6.07, 6.45) is 9.91. The third kappa shape index (κ3) is 6.11. The van der Waals surface area contributed by atoms with E-state index in [1.165, 1.54) is 6.42 Å². The van der Waals surface area contributed by atoms with Crippen molar-refractivity contribution in [2.75, 3.05) is 17.2 Å². The van der Waals surface area contributed by atoms with E-state index in [4.69, 9.17) is 15.2 Å². The van der Waals surface area contributed by atoms with Gasteiger partial charge in [-0.2, -0.15) is 20.4 Å². The first-order valence-electron chi connectivity index (χ1n) is 13.5. The van der Waals surface area contributed by atoms with E-state index in [0.717, 1.165) is 60.0 Å². The molecule has 38 heavy (non-hydrogen) atoms. The third-order valence-electron chi connectivity index (χ3n) is 7.38. The van der Waals surface area contributed by atoms with Crippen molar-refractivity contribution in [2.24, 2.45) is 13.0 Å². The molecule has 1 aliphatic carbocycles. The first kappa shape index (κ1) is 25.7. The summed E-state index contributed by atoms with van der Waals surface area (Å²) in [6, 6.07) is 11.0. The van der Waals surface area contributed by atoms with Gasteiger partial charge in [-0.05, 0) is 56.2 Å². The highest BCUT2D eigenvalue weighted by molar-refractivity contribution is 5.94. The Morgan fingerprint density at radius 3 is 2.76 bits per heavy atom. The van der Waals surface area contributed by atoms with Gasteiger partial charge in [0.2, 0.25) is 5.95 Å². The highest BCUT2D eigenvalue weighted by atomic mass is 15.2. The van der Waals surface area contributed by atoms with Gasteiger partial charge in [0.25, 0.3) is 0 Å². The molecule has 4 N–H and O–H groups in total. The third-order valence-corrected chi connectivity index (χ3v) is 7.38. The SMILES string of the molecule is CCC1CCC(NCCC#N)CC(Nc2nc(Nc3cc(C)[nH]n3)c3ccc(-c4cnn(C)c4)cc3n2)C1. The van der Waals surface area contributed by atoms with Crippen LogP contribution in [0.5, 0.6) is 0 Å². The number of H-pyrrole nitrogens is 1. The number of hydrogen-bond acceptors (Lipinski definition) is 8. The summed E-state index contributed by atoms with van der Waals surface area (Å²) < 4.78 is 1.80. The molecular weight excluding hydrogens is 476 g/mol. The molecule has 4 aromatic rings. The molecule has 10 nitrogen and oxygen atoms in total. The van der Waals surface area contributed by atoms with Crippen LogP contribution >= 0.6 is 0 Å². The van der Waals surface area contributed by atoms with Crippen LogP contribution in [0.15, 0.2) is 36.7 Å². The molecular formula is C28H36N10. The fraction of sp³-hybridized carbons (Fsp3) is 0.464. The number of rotatable bonds is 9. The molecule has 198 valence electrons. The molecule has 0 amide bonds. The fourth-order valence-corrected chi connectivity index (χ4v) is 5.35. The Morgan fingerprint density at radius 2 is 2.03 bits per heavy atom. The lowest BCUT2D eigenvalue weighted by atomic mass is 9.95. The molecule has 3 heterocycles. The number of nitrogens with one attached hydrogen (secondary N) is 4. The van der Waals surface area contributed by atoms with Gasteiger partial charge in [-0.25, -0.2) is 4.98 Å². The number of nitrogens with zero attached hydrogens (tertiary/aromatic N) is 6. The Labute approximate surface area is 223 Å². The number of hydrogen-bond donors (Lipinski definition) is 4. The molecule has 0 aliphatic heterocycles. The van der Waals surface area contributed by atoms with Crippen LogP contribution in [0.3, 0.4) is 0 Å². The molecule has 3 unspecified atom stereocenters. The molecule has 0 saturated heterocycles. The summed E-state index contributed by atoms with van der Waals surface area (Å²) in [5.74, 6) is 2.68. The van der Waals surface area contributed by atoms with E-state index in [2.05, 4.69) is 62.4 Å². The summed E-state index contributed by atoms with van der Waals surface area (Å²) in [4.78, 5) is 9.89. The van der Waals surface area contributed by atoms with Crippen LogP contribution in [0, 0.1) is 24.2 Å². The smallest absolute Gasteiger partial charge is 0.225 e. The molecule has 10 heteroatoms. The quantitative estimate of drug-likeness (QED) is 0.181. The second kappa shape index (κ2) is 11.6. The highest BCUT2D eigenvalue weighted by Gasteiger charge is 2.26. The molecule has 0 spiro atoms. The summed E-state index contributed by atoms with van der Waals surface area (Å²) in [5.41, 5.74) is 3.92. The molecule has 3 aromatic heterocycles. The molecule has 1 aromatic carbocycles. The maximum atomic E-state index is 8.96. The minimum atomic E-state index is 0.237. The minimum absolute atomic E-state index is 0.237. The van der Waals surface area contributed by atoms with Gasteiger partial charge >= 0.3 is 0 Å². The first-order valence-corrected chi connectivity index (χ1v) is 13.5. The standard InChI is InChI=1S/C28H36N10/c1-4-19-6-8-22(30-11-5-10-29)15-23(13-19)32-28-33-25-14-20(21-16-31-38(3)17-21)7-9-24(25)27(35-28)34-26-12-18(2)36-37-26/h7,9,12,14,16-17,19,22-23,30H,4-6,8,11,13,15H2,1-3H3,(H3,32,33,34,35,36,37). The molecule has 0 radical (unpaired) electrons. The highest BCUT2D eigenvalue weighted by Crippen LogP contribution is 2.31. The first-order chi connectivity index (χ1) is 18.5. The predicted octanol–water partition coefficient (Wildman–Crippen LogP) is 5.06. The lowest BCUT2D eigenvalue weighted by Gasteiger charge is -2.23. The van der Waals surface area contributed by atoms with Crippen molar-refractivity contribution in [1.82, 2.24) is 35.3 Å². The zero-order valence-corrected chi connectivity index (χ0v) is 22.3. The Kier molecular flexibility index (Phi) is 7.84. The van der Waals surface area contributed by atoms with Crippen molar-refractivity contribution in [2.45, 2.75) is 64.5 Å². The van der Waals surface area contributed by atoms with Crippen molar-refractivity contribution in [3.05, 3.63) is 42.4 Å². The van der Waals surface area contributed by atoms with Crippen molar-refractivity contribution < 1.29 is 0 Å².